The van der Waals surface area contributed by atoms with Crippen molar-refractivity contribution in [2.45, 2.75) is 12.6 Å². The molecule has 1 saturated heterocycles. The summed E-state index contributed by atoms with van der Waals surface area (Å²) < 4.78 is 18.9. The first-order valence-electron chi connectivity index (χ1n) is 6.64. The summed E-state index contributed by atoms with van der Waals surface area (Å²) in [4.78, 5) is 2.10. The molecule has 0 aromatic heterocycles. The monoisotopic (exact) mass is 278 g/mol. The molecule has 2 rings (SSSR count). The molecule has 1 aromatic carbocycles. The molecule has 5 heteroatoms. The molecule has 0 saturated carbocycles. The molecule has 0 bridgehead atoms. The Kier molecular flexibility index (Phi) is 5.50. The Morgan fingerprint density at radius 3 is 3.05 bits per heavy atom. The van der Waals surface area contributed by atoms with Crippen LogP contribution in [0.1, 0.15) is 11.1 Å². The lowest BCUT2D eigenvalue weighted by Crippen LogP contribution is -2.46. The number of morpholine rings is 1. The second kappa shape index (κ2) is 7.36. The highest BCUT2D eigenvalue weighted by Crippen LogP contribution is 2.15. The predicted octanol–water partition coefficient (Wildman–Crippen LogP) is 0.329. The number of aliphatic hydroxyl groups is 1. The molecule has 1 aromatic rings. The van der Waals surface area contributed by atoms with E-state index in [2.05, 4.69) is 16.7 Å². The maximum Gasteiger partial charge on any atom is 0.124 e. The van der Waals surface area contributed by atoms with Crippen LogP contribution < -0.4 is 5.73 Å². The Hall–Kier alpha value is -1.45. The number of ether oxygens (including phenoxy) is 1. The maximum atomic E-state index is 13.6. The summed E-state index contributed by atoms with van der Waals surface area (Å²) >= 11 is 0. The second-order valence-corrected chi connectivity index (χ2v) is 4.74. The standard InChI is InChI=1S/C15H19FN2O2/c16-14-7-12(2-1-3-17)6-13(8-14)9-18-4-5-20-11-15(18)10-19/h6-8,15,19H,3-5,9-11,17H2. The molecular weight excluding hydrogens is 259 g/mol. The van der Waals surface area contributed by atoms with E-state index in [9.17, 15) is 9.50 Å². The van der Waals surface area contributed by atoms with Crippen molar-refractivity contribution >= 4 is 0 Å². The van der Waals surface area contributed by atoms with Crippen molar-refractivity contribution in [2.24, 2.45) is 5.73 Å². The van der Waals surface area contributed by atoms with E-state index in [-0.39, 0.29) is 25.0 Å². The fourth-order valence-corrected chi connectivity index (χ4v) is 2.27. The zero-order valence-corrected chi connectivity index (χ0v) is 11.3. The first-order valence-corrected chi connectivity index (χ1v) is 6.64. The third-order valence-corrected chi connectivity index (χ3v) is 3.24. The molecule has 108 valence electrons. The van der Waals surface area contributed by atoms with Gasteiger partial charge in [-0.1, -0.05) is 11.8 Å². The Morgan fingerprint density at radius 2 is 2.30 bits per heavy atom. The molecule has 1 aliphatic rings. The van der Waals surface area contributed by atoms with Crippen LogP contribution in [0.4, 0.5) is 4.39 Å². The highest BCUT2D eigenvalue weighted by Gasteiger charge is 2.22. The number of hydrogen-bond donors (Lipinski definition) is 2. The maximum absolute atomic E-state index is 13.6. The zero-order valence-electron chi connectivity index (χ0n) is 11.3. The van der Waals surface area contributed by atoms with Crippen LogP contribution in [0.2, 0.25) is 0 Å². The van der Waals surface area contributed by atoms with Crippen LogP contribution in [0.5, 0.6) is 0 Å². The SMILES string of the molecule is NCC#Cc1cc(F)cc(CN2CCOCC2CO)c1. The van der Waals surface area contributed by atoms with Crippen LogP contribution in [0.15, 0.2) is 18.2 Å². The fraction of sp³-hybridized carbons (Fsp3) is 0.467. The lowest BCUT2D eigenvalue weighted by molar-refractivity contribution is -0.0312. The summed E-state index contributed by atoms with van der Waals surface area (Å²) in [7, 11) is 0. The third-order valence-electron chi connectivity index (χ3n) is 3.24. The van der Waals surface area contributed by atoms with E-state index in [1.165, 1.54) is 12.1 Å². The molecule has 0 spiro atoms. The number of halogens is 1. The number of benzene rings is 1. The van der Waals surface area contributed by atoms with Crippen molar-refractivity contribution in [3.8, 4) is 11.8 Å². The average Bonchev–Trinajstić information content (AvgIpc) is 2.45. The molecular formula is C15H19FN2O2. The van der Waals surface area contributed by atoms with Crippen LogP contribution in [0, 0.1) is 17.7 Å². The topological polar surface area (TPSA) is 58.7 Å². The summed E-state index contributed by atoms with van der Waals surface area (Å²) in [6.45, 7) is 2.73. The Labute approximate surface area is 118 Å². The van der Waals surface area contributed by atoms with E-state index in [1.807, 2.05) is 6.07 Å². The molecule has 1 atom stereocenters. The summed E-state index contributed by atoms with van der Waals surface area (Å²) in [5, 5.41) is 9.33. The van der Waals surface area contributed by atoms with Gasteiger partial charge in [-0.2, -0.15) is 0 Å². The van der Waals surface area contributed by atoms with Gasteiger partial charge in [0.1, 0.15) is 5.82 Å². The summed E-state index contributed by atoms with van der Waals surface area (Å²) in [6.07, 6.45) is 0. The number of aliphatic hydroxyl groups excluding tert-OH is 1. The van der Waals surface area contributed by atoms with Crippen molar-refractivity contribution < 1.29 is 14.2 Å². The first-order chi connectivity index (χ1) is 9.72. The molecule has 1 aliphatic heterocycles. The van der Waals surface area contributed by atoms with E-state index in [1.54, 1.807) is 0 Å². The second-order valence-electron chi connectivity index (χ2n) is 4.74. The molecule has 1 fully saturated rings. The van der Waals surface area contributed by atoms with E-state index >= 15 is 0 Å². The van der Waals surface area contributed by atoms with Gasteiger partial charge in [-0.25, -0.2) is 4.39 Å². The molecule has 0 radical (unpaired) electrons. The zero-order chi connectivity index (χ0) is 14.4. The van der Waals surface area contributed by atoms with E-state index in [0.717, 1.165) is 12.1 Å². The van der Waals surface area contributed by atoms with Crippen molar-refractivity contribution in [2.75, 3.05) is 32.9 Å². The van der Waals surface area contributed by atoms with Crippen LogP contribution >= 0.6 is 0 Å². The van der Waals surface area contributed by atoms with Gasteiger partial charge in [-0.3, -0.25) is 4.90 Å². The Morgan fingerprint density at radius 1 is 1.45 bits per heavy atom. The molecule has 1 unspecified atom stereocenters. The van der Waals surface area contributed by atoms with Crippen molar-refractivity contribution in [1.29, 1.82) is 0 Å². The fourth-order valence-electron chi connectivity index (χ4n) is 2.27. The highest BCUT2D eigenvalue weighted by atomic mass is 19.1. The third kappa shape index (κ3) is 4.02. The van der Waals surface area contributed by atoms with Gasteiger partial charge in [0.25, 0.3) is 0 Å². The lowest BCUT2D eigenvalue weighted by Gasteiger charge is -2.34. The van der Waals surface area contributed by atoms with Gasteiger partial charge in [0.2, 0.25) is 0 Å². The van der Waals surface area contributed by atoms with Crippen LogP contribution in [-0.4, -0.2) is 49.0 Å². The number of nitrogens with two attached hydrogens (primary N) is 1. The van der Waals surface area contributed by atoms with Crippen LogP contribution in [-0.2, 0) is 11.3 Å². The number of nitrogens with zero attached hydrogens (tertiary/aromatic N) is 1. The number of hydrogen-bond acceptors (Lipinski definition) is 4. The Bertz CT molecular complexity index is 510. The normalized spacial score (nSPS) is 19.4. The largest absolute Gasteiger partial charge is 0.395 e. The summed E-state index contributed by atoms with van der Waals surface area (Å²) in [5.74, 6) is 5.25. The van der Waals surface area contributed by atoms with Gasteiger partial charge >= 0.3 is 0 Å². The minimum Gasteiger partial charge on any atom is -0.395 e. The highest BCUT2D eigenvalue weighted by molar-refractivity contribution is 5.38. The molecule has 0 amide bonds. The van der Waals surface area contributed by atoms with Crippen molar-refractivity contribution in [3.05, 3.63) is 35.1 Å². The Balaban J connectivity index is 2.13. The van der Waals surface area contributed by atoms with Crippen molar-refractivity contribution in [3.63, 3.8) is 0 Å². The average molecular weight is 278 g/mol. The van der Waals surface area contributed by atoms with Gasteiger partial charge < -0.3 is 15.6 Å². The van der Waals surface area contributed by atoms with Crippen LogP contribution in [0.25, 0.3) is 0 Å². The van der Waals surface area contributed by atoms with Crippen LogP contribution in [0.3, 0.4) is 0 Å². The molecule has 1 heterocycles. The minimum atomic E-state index is -0.308. The van der Waals surface area contributed by atoms with Gasteiger partial charge in [0, 0.05) is 18.7 Å². The first kappa shape index (κ1) is 14.9. The molecule has 0 aliphatic carbocycles. The van der Waals surface area contributed by atoms with E-state index in [0.29, 0.717) is 25.3 Å². The van der Waals surface area contributed by atoms with Gasteiger partial charge in [-0.05, 0) is 23.8 Å². The van der Waals surface area contributed by atoms with Crippen molar-refractivity contribution in [1.82, 2.24) is 4.90 Å². The minimum absolute atomic E-state index is 0.0365. The van der Waals surface area contributed by atoms with E-state index < -0.39 is 0 Å². The molecule has 4 nitrogen and oxygen atoms in total. The van der Waals surface area contributed by atoms with E-state index in [4.69, 9.17) is 10.5 Å². The summed E-state index contributed by atoms with van der Waals surface area (Å²) in [6, 6.07) is 4.72. The quantitative estimate of drug-likeness (QED) is 0.782. The smallest absolute Gasteiger partial charge is 0.124 e. The predicted molar refractivity (Wildman–Crippen MR) is 74.4 cm³/mol. The van der Waals surface area contributed by atoms with Gasteiger partial charge in [0.05, 0.1) is 32.4 Å². The number of rotatable bonds is 3. The molecule has 3 N–H and O–H groups in total. The molecule has 20 heavy (non-hydrogen) atoms. The van der Waals surface area contributed by atoms with Gasteiger partial charge in [0.15, 0.2) is 0 Å². The lowest BCUT2D eigenvalue weighted by atomic mass is 10.1. The summed E-state index contributed by atoms with van der Waals surface area (Å²) in [5.41, 5.74) is 6.78. The van der Waals surface area contributed by atoms with Gasteiger partial charge in [-0.15, -0.1) is 0 Å².